The van der Waals surface area contributed by atoms with Crippen LogP contribution in [0.1, 0.15) is 24.6 Å². The van der Waals surface area contributed by atoms with E-state index in [1.807, 2.05) is 42.5 Å². The first-order valence-electron chi connectivity index (χ1n) is 11.0. The van der Waals surface area contributed by atoms with Crippen LogP contribution < -0.4 is 15.2 Å². The zero-order chi connectivity index (χ0) is 24.5. The molecule has 178 valence electrons. The molecule has 2 N–H and O–H groups in total. The van der Waals surface area contributed by atoms with Crippen LogP contribution in [0.3, 0.4) is 0 Å². The molecule has 5 rings (SSSR count). The summed E-state index contributed by atoms with van der Waals surface area (Å²) in [5.41, 5.74) is 1.89. The maximum Gasteiger partial charge on any atom is 0.328 e. The Morgan fingerprint density at radius 2 is 1.86 bits per heavy atom. The molecule has 35 heavy (non-hydrogen) atoms. The fourth-order valence-electron chi connectivity index (χ4n) is 4.18. The van der Waals surface area contributed by atoms with Crippen molar-refractivity contribution in [3.8, 4) is 23.1 Å². The Balaban J connectivity index is 1.53. The minimum absolute atomic E-state index is 0.185. The van der Waals surface area contributed by atoms with Gasteiger partial charge in [-0.05, 0) is 67.1 Å². The van der Waals surface area contributed by atoms with Crippen LogP contribution in [0.4, 0.5) is 4.39 Å². The molecule has 0 amide bonds. The molecular weight excluding hydrogens is 451 g/mol. The minimum Gasteiger partial charge on any atom is -0.497 e. The summed E-state index contributed by atoms with van der Waals surface area (Å²) in [4.78, 5) is 14.9. The van der Waals surface area contributed by atoms with Gasteiger partial charge in [-0.1, -0.05) is 12.1 Å². The standard InChI is InChI=1S/C26H23FN4O4/c1-16(30-24(32)15-28-26(30)33)25(17-4-3-5-21(12-17)34-2)35-22-10-11-23-18(13-22)14-29-31(23)20-8-6-19(27)7-9-20/h3-16,25,32H,1-2H3,(H,28,33)/t16-,25-/m0/s1. The summed E-state index contributed by atoms with van der Waals surface area (Å²) < 4.78 is 28.1. The number of nitrogens with one attached hydrogen (secondary N) is 1. The Hall–Kier alpha value is -4.53. The summed E-state index contributed by atoms with van der Waals surface area (Å²) in [6.07, 6.45) is 2.32. The molecule has 0 fully saturated rings. The van der Waals surface area contributed by atoms with Gasteiger partial charge in [0.05, 0.1) is 36.7 Å². The SMILES string of the molecule is COc1cccc([C@@H](Oc2ccc3c(cnn3-c3ccc(F)cc3)c2)[C@H](C)n2c(O)c[nH]c2=O)c1. The first-order valence-corrected chi connectivity index (χ1v) is 11.0. The molecule has 5 aromatic rings. The highest BCUT2D eigenvalue weighted by atomic mass is 19.1. The highest BCUT2D eigenvalue weighted by Crippen LogP contribution is 2.35. The largest absolute Gasteiger partial charge is 0.497 e. The highest BCUT2D eigenvalue weighted by Gasteiger charge is 2.27. The van der Waals surface area contributed by atoms with E-state index in [1.165, 1.54) is 22.9 Å². The number of hydrogen-bond donors (Lipinski definition) is 2. The van der Waals surface area contributed by atoms with E-state index in [2.05, 4.69) is 10.1 Å². The fourth-order valence-corrected chi connectivity index (χ4v) is 4.18. The molecular formula is C26H23FN4O4. The number of nitrogens with zero attached hydrogens (tertiary/aromatic N) is 3. The van der Waals surface area contributed by atoms with E-state index in [0.717, 1.165) is 22.2 Å². The van der Waals surface area contributed by atoms with Crippen molar-refractivity contribution in [3.05, 3.63) is 101 Å². The molecule has 0 saturated carbocycles. The van der Waals surface area contributed by atoms with E-state index >= 15 is 0 Å². The number of methoxy groups -OCH3 is 1. The van der Waals surface area contributed by atoms with Crippen LogP contribution in [0.5, 0.6) is 17.4 Å². The van der Waals surface area contributed by atoms with Crippen LogP contribution in [-0.2, 0) is 0 Å². The number of fused-ring (bicyclic) bond motifs is 1. The minimum atomic E-state index is -0.630. The number of aromatic hydroxyl groups is 1. The molecule has 0 aliphatic heterocycles. The number of halogens is 1. The molecule has 3 aromatic carbocycles. The summed E-state index contributed by atoms with van der Waals surface area (Å²) in [7, 11) is 1.58. The van der Waals surface area contributed by atoms with Gasteiger partial charge in [-0.2, -0.15) is 5.10 Å². The van der Waals surface area contributed by atoms with Crippen molar-refractivity contribution in [2.75, 3.05) is 7.11 Å². The number of imidazole rings is 1. The summed E-state index contributed by atoms with van der Waals surface area (Å²) in [5, 5.41) is 15.5. The maximum atomic E-state index is 13.3. The van der Waals surface area contributed by atoms with E-state index in [-0.39, 0.29) is 11.7 Å². The fraction of sp³-hybridized carbons (Fsp3) is 0.154. The summed E-state index contributed by atoms with van der Waals surface area (Å²) in [6.45, 7) is 1.80. The molecule has 0 saturated heterocycles. The maximum absolute atomic E-state index is 13.3. The normalized spacial score (nSPS) is 13.0. The van der Waals surface area contributed by atoms with Gasteiger partial charge in [-0.25, -0.2) is 13.9 Å². The van der Waals surface area contributed by atoms with Gasteiger partial charge >= 0.3 is 5.69 Å². The van der Waals surface area contributed by atoms with Crippen LogP contribution in [0.15, 0.2) is 83.9 Å². The summed E-state index contributed by atoms with van der Waals surface area (Å²) in [6, 6.07) is 18.4. The van der Waals surface area contributed by atoms with Crippen LogP contribution in [-0.4, -0.2) is 31.5 Å². The Bertz CT molecular complexity index is 1540. The van der Waals surface area contributed by atoms with Gasteiger partial charge in [0, 0.05) is 5.39 Å². The van der Waals surface area contributed by atoms with E-state index in [0.29, 0.717) is 11.5 Å². The van der Waals surface area contributed by atoms with Gasteiger partial charge < -0.3 is 19.6 Å². The number of benzene rings is 3. The molecule has 0 radical (unpaired) electrons. The lowest BCUT2D eigenvalue weighted by Gasteiger charge is -2.27. The topological polar surface area (TPSA) is 94.3 Å². The first kappa shape index (κ1) is 22.3. The Labute approximate surface area is 199 Å². The third-order valence-corrected chi connectivity index (χ3v) is 5.93. The van der Waals surface area contributed by atoms with Crippen molar-refractivity contribution in [1.82, 2.24) is 19.3 Å². The lowest BCUT2D eigenvalue weighted by atomic mass is 10.0. The van der Waals surface area contributed by atoms with Gasteiger partial charge in [0.1, 0.15) is 23.4 Å². The molecule has 0 aliphatic carbocycles. The molecule has 0 aliphatic rings. The van der Waals surface area contributed by atoms with Gasteiger partial charge in [-0.15, -0.1) is 0 Å². The Morgan fingerprint density at radius 1 is 1.06 bits per heavy atom. The lowest BCUT2D eigenvalue weighted by Crippen LogP contribution is -2.27. The predicted molar refractivity (Wildman–Crippen MR) is 129 cm³/mol. The van der Waals surface area contributed by atoms with E-state index in [4.69, 9.17) is 9.47 Å². The van der Waals surface area contributed by atoms with E-state index in [1.54, 1.807) is 37.0 Å². The first-order chi connectivity index (χ1) is 16.9. The number of aromatic nitrogens is 4. The second-order valence-corrected chi connectivity index (χ2v) is 8.13. The van der Waals surface area contributed by atoms with Gasteiger partial charge in [0.15, 0.2) is 0 Å². The molecule has 0 unspecified atom stereocenters. The third kappa shape index (κ3) is 4.23. The van der Waals surface area contributed by atoms with Crippen molar-refractivity contribution in [2.24, 2.45) is 0 Å². The van der Waals surface area contributed by atoms with E-state index in [9.17, 15) is 14.3 Å². The smallest absolute Gasteiger partial charge is 0.328 e. The van der Waals surface area contributed by atoms with Crippen LogP contribution >= 0.6 is 0 Å². The number of rotatable bonds is 7. The van der Waals surface area contributed by atoms with Crippen molar-refractivity contribution in [3.63, 3.8) is 0 Å². The number of ether oxygens (including phenoxy) is 2. The third-order valence-electron chi connectivity index (χ3n) is 5.93. The molecule has 2 aromatic heterocycles. The van der Waals surface area contributed by atoms with E-state index < -0.39 is 17.8 Å². The number of H-pyrrole nitrogens is 1. The zero-order valence-corrected chi connectivity index (χ0v) is 19.1. The quantitative estimate of drug-likeness (QED) is 0.355. The van der Waals surface area contributed by atoms with Crippen LogP contribution in [0.25, 0.3) is 16.6 Å². The highest BCUT2D eigenvalue weighted by molar-refractivity contribution is 5.81. The summed E-state index contributed by atoms with van der Waals surface area (Å²) >= 11 is 0. The molecule has 0 bridgehead atoms. The number of aromatic amines is 1. The molecule has 9 heteroatoms. The van der Waals surface area contributed by atoms with Crippen LogP contribution in [0.2, 0.25) is 0 Å². The van der Waals surface area contributed by atoms with Crippen LogP contribution in [0, 0.1) is 5.82 Å². The van der Waals surface area contributed by atoms with Crippen molar-refractivity contribution >= 4 is 10.9 Å². The summed E-state index contributed by atoms with van der Waals surface area (Å²) in [5.74, 6) is 0.699. The number of hydrogen-bond acceptors (Lipinski definition) is 5. The Kier molecular flexibility index (Phi) is 5.74. The molecule has 2 atom stereocenters. The average Bonchev–Trinajstić information content (AvgIpc) is 3.44. The predicted octanol–water partition coefficient (Wildman–Crippen LogP) is 4.75. The van der Waals surface area contributed by atoms with Gasteiger partial charge in [0.2, 0.25) is 5.88 Å². The monoisotopic (exact) mass is 474 g/mol. The second kappa shape index (κ2) is 9.02. The molecule has 8 nitrogen and oxygen atoms in total. The zero-order valence-electron chi connectivity index (χ0n) is 19.1. The average molecular weight is 474 g/mol. The van der Waals surface area contributed by atoms with Gasteiger partial charge in [0.25, 0.3) is 0 Å². The lowest BCUT2D eigenvalue weighted by molar-refractivity contribution is 0.140. The molecule has 2 heterocycles. The van der Waals surface area contributed by atoms with Gasteiger partial charge in [-0.3, -0.25) is 4.57 Å². The Morgan fingerprint density at radius 3 is 2.57 bits per heavy atom. The van der Waals surface area contributed by atoms with Crippen molar-refractivity contribution in [2.45, 2.75) is 19.1 Å². The van der Waals surface area contributed by atoms with Crippen molar-refractivity contribution < 1.29 is 19.0 Å². The van der Waals surface area contributed by atoms with Crippen molar-refractivity contribution in [1.29, 1.82) is 0 Å². The second-order valence-electron chi connectivity index (χ2n) is 8.13. The molecule has 0 spiro atoms.